The zero-order valence-electron chi connectivity index (χ0n) is 13.8. The lowest BCUT2D eigenvalue weighted by Gasteiger charge is -2.12. The number of aliphatic hydroxyl groups is 1. The van der Waals surface area contributed by atoms with Crippen molar-refractivity contribution in [2.24, 2.45) is 0 Å². The van der Waals surface area contributed by atoms with Crippen molar-refractivity contribution < 1.29 is 9.94 Å². The monoisotopic (exact) mass is 330 g/mol. The predicted molar refractivity (Wildman–Crippen MR) is 98.2 cm³/mol. The van der Waals surface area contributed by atoms with Gasteiger partial charge in [-0.05, 0) is 23.3 Å². The van der Waals surface area contributed by atoms with E-state index in [0.29, 0.717) is 0 Å². The van der Waals surface area contributed by atoms with Crippen molar-refractivity contribution in [3.63, 3.8) is 0 Å². The molecule has 3 aromatic carbocycles. The highest BCUT2D eigenvalue weighted by Gasteiger charge is 2.16. The van der Waals surface area contributed by atoms with Crippen LogP contribution in [0.2, 0.25) is 0 Å². The fourth-order valence-corrected chi connectivity index (χ4v) is 3.02. The summed E-state index contributed by atoms with van der Waals surface area (Å²) in [5, 5.41) is 10.7. The van der Waals surface area contributed by atoms with Crippen LogP contribution < -0.4 is 4.84 Å². The zero-order valence-corrected chi connectivity index (χ0v) is 13.8. The summed E-state index contributed by atoms with van der Waals surface area (Å²) >= 11 is 0. The van der Waals surface area contributed by atoms with Crippen LogP contribution in [0.25, 0.3) is 22.4 Å². The summed E-state index contributed by atoms with van der Waals surface area (Å²) < 4.78 is 1.70. The standard InChI is InChI=1S/C21H18N2O2/c1-25-23-19-14-17(20(24)15-8-4-2-5-9-15)12-13-18(19)22-21(23)16-10-6-3-7-11-16/h2-14,20,24H,1H3. The summed E-state index contributed by atoms with van der Waals surface area (Å²) in [6, 6.07) is 25.3. The van der Waals surface area contributed by atoms with E-state index in [-0.39, 0.29) is 0 Å². The molecule has 0 aliphatic carbocycles. The second kappa shape index (κ2) is 6.42. The highest BCUT2D eigenvalue weighted by Crippen LogP contribution is 2.28. The largest absolute Gasteiger partial charge is 0.415 e. The molecule has 0 spiro atoms. The molecule has 4 nitrogen and oxygen atoms in total. The van der Waals surface area contributed by atoms with Crippen LogP contribution in [0.3, 0.4) is 0 Å². The Morgan fingerprint density at radius 1 is 0.880 bits per heavy atom. The molecule has 0 aliphatic rings. The van der Waals surface area contributed by atoms with Gasteiger partial charge < -0.3 is 9.94 Å². The van der Waals surface area contributed by atoms with Gasteiger partial charge in [0.15, 0.2) is 5.82 Å². The van der Waals surface area contributed by atoms with E-state index in [2.05, 4.69) is 4.98 Å². The minimum atomic E-state index is -0.689. The van der Waals surface area contributed by atoms with E-state index in [1.165, 1.54) is 0 Å². The molecule has 0 saturated carbocycles. The summed E-state index contributed by atoms with van der Waals surface area (Å²) in [5.74, 6) is 0.740. The summed E-state index contributed by atoms with van der Waals surface area (Å²) in [7, 11) is 1.62. The molecule has 25 heavy (non-hydrogen) atoms. The number of hydrogen-bond acceptors (Lipinski definition) is 3. The van der Waals surface area contributed by atoms with Gasteiger partial charge in [0.05, 0.1) is 5.52 Å². The molecule has 1 unspecified atom stereocenters. The molecule has 0 radical (unpaired) electrons. The second-order valence-corrected chi connectivity index (χ2v) is 5.84. The minimum absolute atomic E-state index is 0.689. The molecule has 0 bridgehead atoms. The van der Waals surface area contributed by atoms with Crippen molar-refractivity contribution in [1.29, 1.82) is 0 Å². The maximum atomic E-state index is 10.7. The van der Waals surface area contributed by atoms with Crippen LogP contribution in [-0.2, 0) is 0 Å². The molecule has 4 rings (SSSR count). The topological polar surface area (TPSA) is 47.3 Å². The van der Waals surface area contributed by atoms with Gasteiger partial charge in [-0.25, -0.2) is 4.98 Å². The Bertz CT molecular complexity index is 995. The maximum Gasteiger partial charge on any atom is 0.176 e. The van der Waals surface area contributed by atoms with Gasteiger partial charge >= 0.3 is 0 Å². The Morgan fingerprint density at radius 2 is 1.56 bits per heavy atom. The van der Waals surface area contributed by atoms with Crippen molar-refractivity contribution in [3.05, 3.63) is 90.0 Å². The van der Waals surface area contributed by atoms with E-state index in [9.17, 15) is 5.11 Å². The summed E-state index contributed by atoms with van der Waals surface area (Å²) in [4.78, 5) is 10.2. The van der Waals surface area contributed by atoms with Crippen LogP contribution in [0.5, 0.6) is 0 Å². The predicted octanol–water partition coefficient (Wildman–Crippen LogP) is 3.84. The Labute approximate surface area is 145 Å². The van der Waals surface area contributed by atoms with Crippen LogP contribution in [0.1, 0.15) is 17.2 Å². The molecule has 4 heteroatoms. The van der Waals surface area contributed by atoms with E-state index in [0.717, 1.165) is 33.5 Å². The Morgan fingerprint density at radius 3 is 2.24 bits per heavy atom. The van der Waals surface area contributed by atoms with Gasteiger partial charge in [-0.15, -0.1) is 0 Å². The lowest BCUT2D eigenvalue weighted by Crippen LogP contribution is -2.08. The molecule has 0 aliphatic heterocycles. The number of nitrogens with zero attached hydrogens (tertiary/aromatic N) is 2. The van der Waals surface area contributed by atoms with E-state index in [1.807, 2.05) is 78.9 Å². The number of fused-ring (bicyclic) bond motifs is 1. The molecule has 4 aromatic rings. The highest BCUT2D eigenvalue weighted by molar-refractivity contribution is 5.81. The first-order valence-corrected chi connectivity index (χ1v) is 8.13. The van der Waals surface area contributed by atoms with Crippen LogP contribution in [-0.4, -0.2) is 21.9 Å². The quantitative estimate of drug-likeness (QED) is 0.618. The van der Waals surface area contributed by atoms with Crippen LogP contribution in [0, 0.1) is 0 Å². The van der Waals surface area contributed by atoms with E-state index >= 15 is 0 Å². The number of imidazole rings is 1. The smallest absolute Gasteiger partial charge is 0.176 e. The van der Waals surface area contributed by atoms with Gasteiger partial charge in [-0.3, -0.25) is 0 Å². The zero-order chi connectivity index (χ0) is 17.2. The maximum absolute atomic E-state index is 10.7. The molecule has 1 heterocycles. The van der Waals surface area contributed by atoms with Gasteiger partial charge in [-0.1, -0.05) is 66.7 Å². The van der Waals surface area contributed by atoms with Gasteiger partial charge in [0, 0.05) is 5.56 Å². The van der Waals surface area contributed by atoms with Crippen LogP contribution >= 0.6 is 0 Å². The fourth-order valence-electron chi connectivity index (χ4n) is 3.02. The lowest BCUT2D eigenvalue weighted by molar-refractivity contribution is 0.181. The third-order valence-electron chi connectivity index (χ3n) is 4.28. The van der Waals surface area contributed by atoms with Crippen molar-refractivity contribution >= 4 is 11.0 Å². The molecule has 0 saturated heterocycles. The summed E-state index contributed by atoms with van der Waals surface area (Å²) in [6.45, 7) is 0. The number of aliphatic hydroxyl groups excluding tert-OH is 1. The number of aromatic nitrogens is 2. The summed E-state index contributed by atoms with van der Waals surface area (Å²) in [6.07, 6.45) is -0.689. The molecule has 1 atom stereocenters. The molecular weight excluding hydrogens is 312 g/mol. The fraction of sp³-hybridized carbons (Fsp3) is 0.0952. The molecule has 124 valence electrons. The Balaban J connectivity index is 1.83. The summed E-state index contributed by atoms with van der Waals surface area (Å²) in [5.41, 5.74) is 4.29. The minimum Gasteiger partial charge on any atom is -0.415 e. The number of hydrogen-bond donors (Lipinski definition) is 1. The Kier molecular flexibility index (Phi) is 3.96. The van der Waals surface area contributed by atoms with Crippen molar-refractivity contribution in [3.8, 4) is 11.4 Å². The van der Waals surface area contributed by atoms with E-state index in [4.69, 9.17) is 4.84 Å². The third-order valence-corrected chi connectivity index (χ3v) is 4.28. The second-order valence-electron chi connectivity index (χ2n) is 5.84. The first-order valence-electron chi connectivity index (χ1n) is 8.13. The molecule has 0 fully saturated rings. The first kappa shape index (κ1) is 15.4. The molecular formula is C21H18N2O2. The van der Waals surface area contributed by atoms with Crippen molar-refractivity contribution in [2.75, 3.05) is 7.11 Å². The Hall–Kier alpha value is -3.11. The number of rotatable bonds is 4. The van der Waals surface area contributed by atoms with Gasteiger partial charge in [0.1, 0.15) is 18.7 Å². The number of benzene rings is 3. The third kappa shape index (κ3) is 2.77. The van der Waals surface area contributed by atoms with Crippen molar-refractivity contribution in [2.45, 2.75) is 6.10 Å². The molecule has 1 N–H and O–H groups in total. The van der Waals surface area contributed by atoms with E-state index < -0.39 is 6.10 Å². The molecule has 0 amide bonds. The van der Waals surface area contributed by atoms with Crippen LogP contribution in [0.4, 0.5) is 0 Å². The van der Waals surface area contributed by atoms with E-state index in [1.54, 1.807) is 11.8 Å². The highest BCUT2D eigenvalue weighted by atomic mass is 16.6. The van der Waals surface area contributed by atoms with Gasteiger partial charge in [-0.2, -0.15) is 4.73 Å². The van der Waals surface area contributed by atoms with Crippen LogP contribution in [0.15, 0.2) is 78.9 Å². The average molecular weight is 330 g/mol. The van der Waals surface area contributed by atoms with Gasteiger partial charge in [0.2, 0.25) is 0 Å². The first-order chi connectivity index (χ1) is 12.3. The SMILES string of the molecule is COn1c(-c2ccccc2)nc2ccc(C(O)c3ccccc3)cc21. The molecule has 1 aromatic heterocycles. The van der Waals surface area contributed by atoms with Crippen molar-refractivity contribution in [1.82, 2.24) is 9.71 Å². The normalized spacial score (nSPS) is 12.2. The van der Waals surface area contributed by atoms with Gasteiger partial charge in [0.25, 0.3) is 0 Å². The lowest BCUT2D eigenvalue weighted by atomic mass is 10.0. The average Bonchev–Trinajstić information content (AvgIpc) is 3.06.